The Kier molecular flexibility index (Phi) is 2.35. The average Bonchev–Trinajstić information content (AvgIpc) is 2.65. The summed E-state index contributed by atoms with van der Waals surface area (Å²) in [5.41, 5.74) is -0.465. The maximum Gasteiger partial charge on any atom is 0.315 e. The van der Waals surface area contributed by atoms with Crippen molar-refractivity contribution in [3.05, 3.63) is 0 Å². The van der Waals surface area contributed by atoms with E-state index in [2.05, 4.69) is 5.32 Å². The van der Waals surface area contributed by atoms with Gasteiger partial charge in [0.2, 0.25) is 0 Å². The monoisotopic (exact) mass is 177 g/mol. The number of hydrogen-bond donors (Lipinski definition) is 1. The standard InChI is InChI=1S/C8H13F2NO/c1-8(2,5-3-4-5)11-7(12)6(9)10/h5-6H,3-4H2,1-2H3,(H,11,12). The van der Waals surface area contributed by atoms with Gasteiger partial charge >= 0.3 is 6.43 Å². The van der Waals surface area contributed by atoms with Gasteiger partial charge in [0.15, 0.2) is 0 Å². The quantitative estimate of drug-likeness (QED) is 0.696. The molecule has 0 aromatic rings. The molecule has 70 valence electrons. The molecule has 0 spiro atoms. The number of hydrogen-bond acceptors (Lipinski definition) is 1. The molecule has 0 aromatic carbocycles. The average molecular weight is 177 g/mol. The molecule has 0 unspecified atom stereocenters. The highest BCUT2D eigenvalue weighted by Gasteiger charge is 2.39. The molecule has 0 saturated heterocycles. The highest BCUT2D eigenvalue weighted by Crippen LogP contribution is 2.39. The van der Waals surface area contributed by atoms with Crippen LogP contribution in [-0.2, 0) is 4.79 Å². The predicted octanol–water partition coefficient (Wildman–Crippen LogP) is 1.56. The molecular formula is C8H13F2NO. The van der Waals surface area contributed by atoms with Crippen molar-refractivity contribution in [1.82, 2.24) is 5.32 Å². The number of halogens is 2. The van der Waals surface area contributed by atoms with Crippen molar-refractivity contribution in [1.29, 1.82) is 0 Å². The predicted molar refractivity (Wildman–Crippen MR) is 40.9 cm³/mol. The highest BCUT2D eigenvalue weighted by atomic mass is 19.3. The van der Waals surface area contributed by atoms with Gasteiger partial charge in [-0.2, -0.15) is 8.78 Å². The van der Waals surface area contributed by atoms with Crippen LogP contribution in [0.4, 0.5) is 8.78 Å². The Morgan fingerprint density at radius 1 is 1.50 bits per heavy atom. The third kappa shape index (κ3) is 2.16. The van der Waals surface area contributed by atoms with Gasteiger partial charge in [0.05, 0.1) is 0 Å². The van der Waals surface area contributed by atoms with Gasteiger partial charge in [-0.1, -0.05) is 0 Å². The molecule has 1 aliphatic carbocycles. The largest absolute Gasteiger partial charge is 0.346 e. The van der Waals surface area contributed by atoms with Gasteiger partial charge in [-0.05, 0) is 32.6 Å². The first-order chi connectivity index (χ1) is 5.43. The van der Waals surface area contributed by atoms with Gasteiger partial charge in [0.1, 0.15) is 0 Å². The fourth-order valence-electron chi connectivity index (χ4n) is 1.28. The molecular weight excluding hydrogens is 164 g/mol. The molecule has 4 heteroatoms. The second-order valence-electron chi connectivity index (χ2n) is 3.79. The summed E-state index contributed by atoms with van der Waals surface area (Å²) < 4.78 is 23.7. The molecule has 2 nitrogen and oxygen atoms in total. The van der Waals surface area contributed by atoms with E-state index in [4.69, 9.17) is 0 Å². The number of nitrogens with one attached hydrogen (secondary N) is 1. The molecule has 1 N–H and O–H groups in total. The van der Waals surface area contributed by atoms with E-state index in [0.717, 1.165) is 12.8 Å². The molecule has 1 amide bonds. The smallest absolute Gasteiger partial charge is 0.315 e. The molecule has 0 bridgehead atoms. The lowest BCUT2D eigenvalue weighted by Gasteiger charge is -2.25. The number of amides is 1. The second-order valence-corrected chi connectivity index (χ2v) is 3.79. The number of alkyl halides is 2. The van der Waals surface area contributed by atoms with E-state index in [0.29, 0.717) is 5.92 Å². The van der Waals surface area contributed by atoms with Gasteiger partial charge in [-0.25, -0.2) is 0 Å². The van der Waals surface area contributed by atoms with E-state index in [-0.39, 0.29) is 0 Å². The number of carbonyl (C=O) groups is 1. The molecule has 1 rings (SSSR count). The van der Waals surface area contributed by atoms with Crippen molar-refractivity contribution < 1.29 is 13.6 Å². The zero-order valence-corrected chi connectivity index (χ0v) is 7.23. The lowest BCUT2D eigenvalue weighted by atomic mass is 9.99. The van der Waals surface area contributed by atoms with Crippen LogP contribution in [0.2, 0.25) is 0 Å². The van der Waals surface area contributed by atoms with Crippen LogP contribution in [-0.4, -0.2) is 17.9 Å². The highest BCUT2D eigenvalue weighted by molar-refractivity contribution is 5.79. The summed E-state index contributed by atoms with van der Waals surface area (Å²) >= 11 is 0. The third-order valence-corrected chi connectivity index (χ3v) is 2.24. The summed E-state index contributed by atoms with van der Waals surface area (Å²) in [7, 11) is 0. The summed E-state index contributed by atoms with van der Waals surface area (Å²) in [6.07, 6.45) is -0.851. The SMILES string of the molecule is CC(C)(NC(=O)C(F)F)C1CC1. The fraction of sp³-hybridized carbons (Fsp3) is 0.875. The lowest BCUT2D eigenvalue weighted by Crippen LogP contribution is -2.47. The Balaban J connectivity index is 2.43. The van der Waals surface area contributed by atoms with E-state index in [9.17, 15) is 13.6 Å². The first-order valence-corrected chi connectivity index (χ1v) is 4.03. The van der Waals surface area contributed by atoms with Crippen molar-refractivity contribution in [2.45, 2.75) is 38.7 Å². The van der Waals surface area contributed by atoms with Gasteiger partial charge < -0.3 is 5.32 Å². The van der Waals surface area contributed by atoms with E-state index in [1.54, 1.807) is 13.8 Å². The minimum Gasteiger partial charge on any atom is -0.346 e. The van der Waals surface area contributed by atoms with Crippen LogP contribution < -0.4 is 5.32 Å². The first-order valence-electron chi connectivity index (χ1n) is 4.03. The van der Waals surface area contributed by atoms with Crippen molar-refractivity contribution >= 4 is 5.91 Å². The minimum absolute atomic E-state index is 0.375. The molecule has 0 aliphatic heterocycles. The molecule has 1 saturated carbocycles. The van der Waals surface area contributed by atoms with E-state index < -0.39 is 17.9 Å². The number of carbonyl (C=O) groups excluding carboxylic acids is 1. The first kappa shape index (κ1) is 9.42. The normalized spacial score (nSPS) is 18.1. The minimum atomic E-state index is -2.90. The van der Waals surface area contributed by atoms with E-state index in [1.165, 1.54) is 0 Å². The van der Waals surface area contributed by atoms with Crippen LogP contribution in [0, 0.1) is 5.92 Å². The molecule has 0 radical (unpaired) electrons. The maximum atomic E-state index is 11.8. The Bertz CT molecular complexity index is 187. The summed E-state index contributed by atoms with van der Waals surface area (Å²) in [6.45, 7) is 3.57. The summed E-state index contributed by atoms with van der Waals surface area (Å²) in [5.74, 6) is -0.785. The van der Waals surface area contributed by atoms with Crippen molar-refractivity contribution in [3.63, 3.8) is 0 Å². The topological polar surface area (TPSA) is 29.1 Å². The Labute approximate surface area is 70.3 Å². The lowest BCUT2D eigenvalue weighted by molar-refractivity contribution is -0.133. The molecule has 0 aromatic heterocycles. The summed E-state index contributed by atoms with van der Waals surface area (Å²) in [5, 5.41) is 2.33. The molecule has 1 fully saturated rings. The van der Waals surface area contributed by atoms with Crippen LogP contribution in [0.1, 0.15) is 26.7 Å². The maximum absolute atomic E-state index is 11.8. The second kappa shape index (κ2) is 2.99. The zero-order valence-electron chi connectivity index (χ0n) is 7.23. The van der Waals surface area contributed by atoms with Crippen LogP contribution >= 0.6 is 0 Å². The van der Waals surface area contributed by atoms with Crippen LogP contribution in [0.3, 0.4) is 0 Å². The summed E-state index contributed by atoms with van der Waals surface area (Å²) in [6, 6.07) is 0. The van der Waals surface area contributed by atoms with Gasteiger partial charge in [-0.3, -0.25) is 4.79 Å². The van der Waals surface area contributed by atoms with Gasteiger partial charge in [0.25, 0.3) is 5.91 Å². The van der Waals surface area contributed by atoms with Crippen LogP contribution in [0.5, 0.6) is 0 Å². The third-order valence-electron chi connectivity index (χ3n) is 2.24. The molecule has 0 atom stereocenters. The van der Waals surface area contributed by atoms with Gasteiger partial charge in [-0.15, -0.1) is 0 Å². The van der Waals surface area contributed by atoms with Crippen molar-refractivity contribution in [2.75, 3.05) is 0 Å². The van der Waals surface area contributed by atoms with E-state index in [1.807, 2.05) is 0 Å². The Morgan fingerprint density at radius 2 is 2.00 bits per heavy atom. The van der Waals surface area contributed by atoms with Crippen LogP contribution in [0.25, 0.3) is 0 Å². The van der Waals surface area contributed by atoms with Crippen molar-refractivity contribution in [2.24, 2.45) is 5.92 Å². The Hall–Kier alpha value is -0.670. The zero-order chi connectivity index (χ0) is 9.35. The van der Waals surface area contributed by atoms with E-state index >= 15 is 0 Å². The summed E-state index contributed by atoms with van der Waals surface area (Å²) in [4.78, 5) is 10.6. The Morgan fingerprint density at radius 3 is 2.33 bits per heavy atom. The van der Waals surface area contributed by atoms with Gasteiger partial charge in [0, 0.05) is 5.54 Å². The molecule has 1 aliphatic rings. The molecule has 12 heavy (non-hydrogen) atoms. The molecule has 0 heterocycles. The van der Waals surface area contributed by atoms with Crippen LogP contribution in [0.15, 0.2) is 0 Å². The van der Waals surface area contributed by atoms with Crippen molar-refractivity contribution in [3.8, 4) is 0 Å². The number of rotatable bonds is 3. The fourth-order valence-corrected chi connectivity index (χ4v) is 1.28.